The van der Waals surface area contributed by atoms with Crippen LogP contribution < -0.4 is 4.90 Å². The summed E-state index contributed by atoms with van der Waals surface area (Å²) in [5.41, 5.74) is -0.404. The first-order valence-electron chi connectivity index (χ1n) is 14.5. The van der Waals surface area contributed by atoms with E-state index >= 15 is 0 Å². The van der Waals surface area contributed by atoms with E-state index < -0.39 is 29.6 Å². The predicted molar refractivity (Wildman–Crippen MR) is 149 cm³/mol. The summed E-state index contributed by atoms with van der Waals surface area (Å²) in [7, 11) is 0. The molecule has 1 spiro atoms. The molecule has 8 heteroatoms. The molecular weight excluding hydrogens is 494 g/mol. The van der Waals surface area contributed by atoms with Gasteiger partial charge in [-0.25, -0.2) is 0 Å². The van der Waals surface area contributed by atoms with Crippen LogP contribution in [0.1, 0.15) is 52.4 Å². The van der Waals surface area contributed by atoms with Crippen LogP contribution in [0.5, 0.6) is 0 Å². The van der Waals surface area contributed by atoms with Crippen LogP contribution in [-0.4, -0.2) is 82.7 Å². The van der Waals surface area contributed by atoms with Gasteiger partial charge in [-0.3, -0.25) is 14.4 Å². The van der Waals surface area contributed by atoms with Crippen LogP contribution in [0.15, 0.2) is 54.6 Å². The third-order valence-electron chi connectivity index (χ3n) is 8.80. The number of aliphatic hydroxyl groups excluding tert-OH is 1. The molecule has 210 valence electrons. The van der Waals surface area contributed by atoms with Gasteiger partial charge in [-0.2, -0.15) is 0 Å². The summed E-state index contributed by atoms with van der Waals surface area (Å²) in [6, 6.07) is 8.74. The number of nitrogens with zero attached hydrogens (tertiary/aromatic N) is 3. The Morgan fingerprint density at radius 1 is 1.00 bits per heavy atom. The van der Waals surface area contributed by atoms with Crippen molar-refractivity contribution in [2.24, 2.45) is 11.8 Å². The van der Waals surface area contributed by atoms with Gasteiger partial charge in [0, 0.05) is 38.0 Å². The lowest BCUT2D eigenvalue weighted by Crippen LogP contribution is -2.56. The summed E-state index contributed by atoms with van der Waals surface area (Å²) in [5, 5.41) is 9.15. The zero-order valence-electron chi connectivity index (χ0n) is 23.1. The minimum absolute atomic E-state index is 0.0323. The zero-order chi connectivity index (χ0) is 27.6. The van der Waals surface area contributed by atoms with Gasteiger partial charge in [0.15, 0.2) is 0 Å². The summed E-state index contributed by atoms with van der Waals surface area (Å²) in [4.78, 5) is 48.0. The number of amides is 3. The highest BCUT2D eigenvalue weighted by Crippen LogP contribution is 2.53. The van der Waals surface area contributed by atoms with Crippen LogP contribution in [0, 0.1) is 11.8 Å². The standard InChI is InChI=1S/C31H41N3O5/c1-3-13-22(2)32-20-12-17-31-26(29(37)34(27(31)30(32)38)18-9-4-5-10-21-35)25-24(39-31)16-11-19-33(28(25)36)23-14-7-6-8-15-23/h6-8,11-12,14-17,22,24-27,35H,3-5,9-10,13,18-21H2,1-2H3/t22?,24-,25+,26+,27?,31+/m1/s1. The molecule has 0 aliphatic carbocycles. The van der Waals surface area contributed by atoms with Gasteiger partial charge >= 0.3 is 0 Å². The second kappa shape index (κ2) is 11.6. The number of carbonyl (C=O) groups is 3. The molecule has 0 saturated carbocycles. The molecule has 1 N–H and O–H groups in total. The van der Waals surface area contributed by atoms with E-state index in [4.69, 9.17) is 9.84 Å². The third kappa shape index (κ3) is 4.82. The monoisotopic (exact) mass is 535 g/mol. The molecule has 8 nitrogen and oxygen atoms in total. The van der Waals surface area contributed by atoms with Crippen molar-refractivity contribution >= 4 is 23.4 Å². The van der Waals surface area contributed by atoms with Crippen molar-refractivity contribution in [2.45, 2.75) is 76.2 Å². The molecule has 2 fully saturated rings. The quantitative estimate of drug-likeness (QED) is 0.367. The minimum Gasteiger partial charge on any atom is -0.396 e. The topological polar surface area (TPSA) is 90.4 Å². The Balaban J connectivity index is 1.52. The molecule has 1 aromatic rings. The number of ether oxygens (including phenoxy) is 1. The van der Waals surface area contributed by atoms with Gasteiger partial charge < -0.3 is 24.5 Å². The highest BCUT2D eigenvalue weighted by Gasteiger charge is 2.71. The number of rotatable bonds is 10. The van der Waals surface area contributed by atoms with E-state index in [2.05, 4.69) is 13.8 Å². The number of likely N-dealkylation sites (tertiary alicyclic amines) is 1. The number of hydrogen-bond donors (Lipinski definition) is 1. The van der Waals surface area contributed by atoms with Gasteiger partial charge in [-0.05, 0) is 38.3 Å². The number of anilines is 1. The van der Waals surface area contributed by atoms with E-state index in [1.807, 2.05) is 59.5 Å². The maximum absolute atomic E-state index is 14.3. The summed E-state index contributed by atoms with van der Waals surface area (Å²) in [6.45, 7) is 5.60. The lowest BCUT2D eigenvalue weighted by molar-refractivity contribution is -0.148. The Morgan fingerprint density at radius 2 is 1.77 bits per heavy atom. The van der Waals surface area contributed by atoms with Crippen molar-refractivity contribution in [3.8, 4) is 0 Å². The van der Waals surface area contributed by atoms with Gasteiger partial charge in [-0.15, -0.1) is 0 Å². The number of carbonyl (C=O) groups excluding carboxylic acids is 3. The van der Waals surface area contributed by atoms with Crippen LogP contribution in [-0.2, 0) is 19.1 Å². The Kier molecular flexibility index (Phi) is 8.24. The van der Waals surface area contributed by atoms with E-state index in [-0.39, 0.29) is 30.4 Å². The smallest absolute Gasteiger partial charge is 0.249 e. The molecule has 4 aliphatic rings. The first kappa shape index (κ1) is 27.6. The zero-order valence-corrected chi connectivity index (χ0v) is 23.1. The summed E-state index contributed by atoms with van der Waals surface area (Å²) < 4.78 is 6.74. The lowest BCUT2D eigenvalue weighted by Gasteiger charge is -2.37. The fourth-order valence-corrected chi connectivity index (χ4v) is 6.95. The molecule has 0 bridgehead atoms. The molecule has 1 aromatic carbocycles. The number of benzene rings is 1. The molecule has 0 aromatic heterocycles. The van der Waals surface area contributed by atoms with Crippen LogP contribution in [0.3, 0.4) is 0 Å². The predicted octanol–water partition coefficient (Wildman–Crippen LogP) is 3.31. The molecule has 2 unspecified atom stereocenters. The summed E-state index contributed by atoms with van der Waals surface area (Å²) in [5.74, 6) is -1.89. The molecule has 0 radical (unpaired) electrons. The van der Waals surface area contributed by atoms with Crippen molar-refractivity contribution in [3.63, 3.8) is 0 Å². The fourth-order valence-electron chi connectivity index (χ4n) is 6.95. The molecule has 4 aliphatic heterocycles. The largest absolute Gasteiger partial charge is 0.396 e. The van der Waals surface area contributed by atoms with E-state index in [1.165, 1.54) is 0 Å². The first-order chi connectivity index (χ1) is 18.9. The van der Waals surface area contributed by atoms with Gasteiger partial charge in [0.1, 0.15) is 11.6 Å². The van der Waals surface area contributed by atoms with Gasteiger partial charge in [-0.1, -0.05) is 68.7 Å². The molecule has 39 heavy (non-hydrogen) atoms. The lowest BCUT2D eigenvalue weighted by atomic mass is 9.77. The van der Waals surface area contributed by atoms with Crippen LogP contribution in [0.25, 0.3) is 0 Å². The van der Waals surface area contributed by atoms with Crippen molar-refractivity contribution in [1.82, 2.24) is 9.80 Å². The van der Waals surface area contributed by atoms with Gasteiger partial charge in [0.05, 0.1) is 17.9 Å². The number of hydrogen-bond acceptors (Lipinski definition) is 5. The second-order valence-electron chi connectivity index (χ2n) is 11.3. The molecule has 3 amide bonds. The molecule has 5 rings (SSSR count). The molecule has 6 atom stereocenters. The molecule has 4 heterocycles. The maximum Gasteiger partial charge on any atom is 0.249 e. The van der Waals surface area contributed by atoms with E-state index in [9.17, 15) is 14.4 Å². The number of para-hydroxylation sites is 1. The maximum atomic E-state index is 14.3. The number of fused-ring (bicyclic) bond motifs is 2. The van der Waals surface area contributed by atoms with Crippen molar-refractivity contribution in [1.29, 1.82) is 0 Å². The van der Waals surface area contributed by atoms with E-state index in [0.717, 1.165) is 44.2 Å². The first-order valence-corrected chi connectivity index (χ1v) is 14.5. The minimum atomic E-state index is -1.19. The normalized spacial score (nSPS) is 30.7. The van der Waals surface area contributed by atoms with Gasteiger partial charge in [0.25, 0.3) is 0 Å². The number of unbranched alkanes of at least 4 members (excludes halogenated alkanes) is 3. The second-order valence-corrected chi connectivity index (χ2v) is 11.3. The Morgan fingerprint density at radius 3 is 2.51 bits per heavy atom. The summed E-state index contributed by atoms with van der Waals surface area (Å²) in [6.07, 6.45) is 12.1. The third-order valence-corrected chi connectivity index (χ3v) is 8.80. The summed E-state index contributed by atoms with van der Waals surface area (Å²) >= 11 is 0. The van der Waals surface area contributed by atoms with E-state index in [0.29, 0.717) is 19.6 Å². The average Bonchev–Trinajstić information content (AvgIpc) is 3.24. The molecule has 2 saturated heterocycles. The number of aliphatic hydroxyl groups is 1. The SMILES string of the molecule is CCCC(C)N1CC=C[C@]23O[C@@H]4C=CCN(c5ccccc5)C(=O)[C@@H]4[C@H]2C(=O)N(CCCCCCO)C3C1=O. The van der Waals surface area contributed by atoms with Crippen molar-refractivity contribution < 1.29 is 24.2 Å². The van der Waals surface area contributed by atoms with Gasteiger partial charge in [0.2, 0.25) is 17.7 Å². The van der Waals surface area contributed by atoms with Crippen LogP contribution >= 0.6 is 0 Å². The van der Waals surface area contributed by atoms with Crippen LogP contribution in [0.4, 0.5) is 5.69 Å². The highest BCUT2D eigenvalue weighted by atomic mass is 16.5. The van der Waals surface area contributed by atoms with Crippen molar-refractivity contribution in [3.05, 3.63) is 54.6 Å². The Bertz CT molecular complexity index is 1120. The highest BCUT2D eigenvalue weighted by molar-refractivity contribution is 6.03. The Labute approximate surface area is 231 Å². The van der Waals surface area contributed by atoms with E-state index in [1.54, 1.807) is 9.80 Å². The van der Waals surface area contributed by atoms with Crippen LogP contribution in [0.2, 0.25) is 0 Å². The fraction of sp³-hybridized carbons (Fsp3) is 0.581. The Hall–Kier alpha value is -2.97. The average molecular weight is 536 g/mol. The van der Waals surface area contributed by atoms with Crippen molar-refractivity contribution in [2.75, 3.05) is 31.1 Å². The molecular formula is C31H41N3O5.